The molecule has 4 aromatic rings. The monoisotopic (exact) mass is 484 g/mol. The molecule has 2 N–H and O–H groups in total. The molecule has 0 saturated carbocycles. The van der Waals surface area contributed by atoms with Crippen molar-refractivity contribution in [2.24, 2.45) is 4.99 Å². The molecule has 1 aromatic heterocycles. The van der Waals surface area contributed by atoms with E-state index >= 15 is 0 Å². The number of nitrogens with one attached hydrogen (secondary N) is 1. The molecule has 36 heavy (non-hydrogen) atoms. The second-order valence-electron chi connectivity index (χ2n) is 9.20. The van der Waals surface area contributed by atoms with Gasteiger partial charge in [0.2, 0.25) is 0 Å². The van der Waals surface area contributed by atoms with Crippen LogP contribution >= 0.6 is 0 Å². The van der Waals surface area contributed by atoms with Gasteiger partial charge in [-0.05, 0) is 64.1 Å². The molecule has 0 spiro atoms. The fourth-order valence-corrected chi connectivity index (χ4v) is 3.76. The summed E-state index contributed by atoms with van der Waals surface area (Å²) in [6, 6.07) is 21.3. The Labute approximate surface area is 209 Å². The van der Waals surface area contributed by atoms with Crippen LogP contribution in [0, 0.1) is 0 Å². The predicted octanol–water partition coefficient (Wildman–Crippen LogP) is 6.17. The van der Waals surface area contributed by atoms with Crippen LogP contribution in [0.1, 0.15) is 59.5 Å². The minimum atomic E-state index is -0.589. The van der Waals surface area contributed by atoms with Crippen molar-refractivity contribution in [3.05, 3.63) is 95.1 Å². The number of rotatable bonds is 6. The van der Waals surface area contributed by atoms with Crippen molar-refractivity contribution < 1.29 is 24.2 Å². The number of aliphatic imine (C=N–C) groups is 1. The van der Waals surface area contributed by atoms with Crippen LogP contribution in [-0.2, 0) is 9.47 Å². The van der Waals surface area contributed by atoms with Crippen LogP contribution in [0.3, 0.4) is 0 Å². The van der Waals surface area contributed by atoms with Gasteiger partial charge in [-0.3, -0.25) is 0 Å². The quantitative estimate of drug-likeness (QED) is 0.252. The first-order chi connectivity index (χ1) is 17.2. The van der Waals surface area contributed by atoms with Crippen molar-refractivity contribution in [2.75, 3.05) is 6.61 Å². The van der Waals surface area contributed by atoms with E-state index < -0.39 is 17.5 Å². The molecule has 0 fully saturated rings. The second-order valence-corrected chi connectivity index (χ2v) is 9.20. The number of aromatic amines is 1. The molecule has 1 heterocycles. The van der Waals surface area contributed by atoms with Crippen molar-refractivity contribution >= 4 is 34.2 Å². The van der Waals surface area contributed by atoms with E-state index in [1.807, 2.05) is 51.1 Å². The molecule has 7 heteroatoms. The van der Waals surface area contributed by atoms with E-state index in [1.54, 1.807) is 49.4 Å². The van der Waals surface area contributed by atoms with Crippen LogP contribution in [0.15, 0.2) is 77.8 Å². The Bertz CT molecular complexity index is 1430. The van der Waals surface area contributed by atoms with Crippen molar-refractivity contribution in [3.8, 4) is 5.88 Å². The summed E-state index contributed by atoms with van der Waals surface area (Å²) in [6.45, 7) is 7.48. The number of hydrogen-bond donors (Lipinski definition) is 2. The number of ether oxygens (including phenoxy) is 2. The molecule has 0 bridgehead atoms. The minimum Gasteiger partial charge on any atom is -0.494 e. The molecule has 0 aliphatic heterocycles. The highest BCUT2D eigenvalue weighted by Gasteiger charge is 2.21. The SMILES string of the molecule is CCOC(=O)c1ccc2c(C(=Nc3ccc(C(=O)OC(C)(C)C)cc3)c3ccccc3)c(O)[nH]c2c1. The fourth-order valence-electron chi connectivity index (χ4n) is 3.76. The molecule has 0 aliphatic rings. The number of aromatic hydroxyl groups is 1. The van der Waals surface area contributed by atoms with Gasteiger partial charge in [-0.25, -0.2) is 14.6 Å². The Balaban J connectivity index is 1.78. The van der Waals surface area contributed by atoms with Gasteiger partial charge in [0.1, 0.15) is 5.60 Å². The highest BCUT2D eigenvalue weighted by molar-refractivity contribution is 6.22. The lowest BCUT2D eigenvalue weighted by atomic mass is 10.00. The molecule has 0 amide bonds. The highest BCUT2D eigenvalue weighted by atomic mass is 16.6. The first-order valence-electron chi connectivity index (χ1n) is 11.7. The maximum absolute atomic E-state index is 12.4. The van der Waals surface area contributed by atoms with Gasteiger partial charge in [0.25, 0.3) is 0 Å². The van der Waals surface area contributed by atoms with E-state index in [-0.39, 0.29) is 12.5 Å². The van der Waals surface area contributed by atoms with Crippen molar-refractivity contribution in [2.45, 2.75) is 33.3 Å². The molecule has 3 aromatic carbocycles. The van der Waals surface area contributed by atoms with Crippen LogP contribution in [0.2, 0.25) is 0 Å². The van der Waals surface area contributed by atoms with E-state index in [0.717, 1.165) is 5.56 Å². The van der Waals surface area contributed by atoms with Gasteiger partial charge in [-0.1, -0.05) is 36.4 Å². The normalized spacial score (nSPS) is 11.9. The third-order valence-corrected chi connectivity index (χ3v) is 5.32. The molecule has 184 valence electrons. The number of aromatic nitrogens is 1. The molecule has 7 nitrogen and oxygen atoms in total. The third-order valence-electron chi connectivity index (χ3n) is 5.32. The Hall–Kier alpha value is -4.39. The average molecular weight is 485 g/mol. The topological polar surface area (TPSA) is 101 Å². The summed E-state index contributed by atoms with van der Waals surface area (Å²) in [4.78, 5) is 32.3. The molecule has 0 radical (unpaired) electrons. The number of esters is 2. The lowest BCUT2D eigenvalue weighted by Gasteiger charge is -2.19. The first-order valence-corrected chi connectivity index (χ1v) is 11.7. The van der Waals surface area contributed by atoms with Gasteiger partial charge in [-0.2, -0.15) is 0 Å². The number of nitrogens with zero attached hydrogens (tertiary/aromatic N) is 1. The smallest absolute Gasteiger partial charge is 0.338 e. The average Bonchev–Trinajstić information content (AvgIpc) is 3.17. The molecule has 0 atom stereocenters. The van der Waals surface area contributed by atoms with Gasteiger partial charge in [0.15, 0.2) is 5.88 Å². The predicted molar refractivity (Wildman–Crippen MR) is 139 cm³/mol. The van der Waals surface area contributed by atoms with E-state index in [2.05, 4.69) is 4.98 Å². The van der Waals surface area contributed by atoms with Crippen LogP contribution in [-0.4, -0.2) is 39.9 Å². The summed E-state index contributed by atoms with van der Waals surface area (Å²) in [7, 11) is 0. The number of hydrogen-bond acceptors (Lipinski definition) is 6. The summed E-state index contributed by atoms with van der Waals surface area (Å²) >= 11 is 0. The minimum absolute atomic E-state index is 0.0704. The van der Waals surface area contributed by atoms with Gasteiger partial charge in [0, 0.05) is 16.5 Å². The Morgan fingerprint density at radius 2 is 1.56 bits per heavy atom. The highest BCUT2D eigenvalue weighted by Crippen LogP contribution is 2.32. The lowest BCUT2D eigenvalue weighted by molar-refractivity contribution is 0.00693. The van der Waals surface area contributed by atoms with Crippen LogP contribution in [0.4, 0.5) is 5.69 Å². The van der Waals surface area contributed by atoms with E-state index in [4.69, 9.17) is 14.5 Å². The Morgan fingerprint density at radius 1 is 0.889 bits per heavy atom. The molecule has 0 aliphatic carbocycles. The number of fused-ring (bicyclic) bond motifs is 1. The van der Waals surface area contributed by atoms with Crippen LogP contribution in [0.5, 0.6) is 5.88 Å². The zero-order valence-corrected chi connectivity index (χ0v) is 20.7. The molecule has 4 rings (SSSR count). The van der Waals surface area contributed by atoms with E-state index in [0.29, 0.717) is 39.0 Å². The molecular weight excluding hydrogens is 456 g/mol. The number of carbonyl (C=O) groups excluding carboxylic acids is 2. The first kappa shape index (κ1) is 24.7. The van der Waals surface area contributed by atoms with Crippen molar-refractivity contribution in [1.82, 2.24) is 4.98 Å². The maximum Gasteiger partial charge on any atom is 0.338 e. The van der Waals surface area contributed by atoms with Gasteiger partial charge in [-0.15, -0.1) is 0 Å². The largest absolute Gasteiger partial charge is 0.494 e. The number of benzene rings is 3. The Kier molecular flexibility index (Phi) is 6.92. The maximum atomic E-state index is 12.4. The van der Waals surface area contributed by atoms with Crippen molar-refractivity contribution in [3.63, 3.8) is 0 Å². The molecule has 0 saturated heterocycles. The van der Waals surface area contributed by atoms with Crippen LogP contribution in [0.25, 0.3) is 10.9 Å². The summed E-state index contributed by atoms with van der Waals surface area (Å²) < 4.78 is 10.5. The lowest BCUT2D eigenvalue weighted by Crippen LogP contribution is -2.23. The fraction of sp³-hybridized carbons (Fsp3) is 0.207. The Morgan fingerprint density at radius 3 is 2.19 bits per heavy atom. The number of carbonyl (C=O) groups is 2. The van der Waals surface area contributed by atoms with Gasteiger partial charge in [0.05, 0.1) is 34.7 Å². The summed E-state index contributed by atoms with van der Waals surface area (Å²) in [5.74, 6) is -0.913. The zero-order valence-electron chi connectivity index (χ0n) is 20.7. The summed E-state index contributed by atoms with van der Waals surface area (Å²) in [6.07, 6.45) is 0. The summed E-state index contributed by atoms with van der Waals surface area (Å²) in [5, 5.41) is 11.6. The van der Waals surface area contributed by atoms with E-state index in [9.17, 15) is 14.7 Å². The van der Waals surface area contributed by atoms with Crippen molar-refractivity contribution in [1.29, 1.82) is 0 Å². The zero-order chi connectivity index (χ0) is 25.9. The van der Waals surface area contributed by atoms with Gasteiger partial charge >= 0.3 is 11.9 Å². The third kappa shape index (κ3) is 5.46. The standard InChI is InChI=1S/C29H28N2O5/c1-5-35-27(33)20-13-16-22-23(17-20)31-26(32)24(22)25(18-9-7-6-8-10-18)30-21-14-11-19(12-15-21)28(34)36-29(2,3)4/h6-17,31-32H,5H2,1-4H3. The van der Waals surface area contributed by atoms with Crippen LogP contribution < -0.4 is 0 Å². The molecule has 0 unspecified atom stereocenters. The van der Waals surface area contributed by atoms with E-state index in [1.165, 1.54) is 0 Å². The number of H-pyrrole nitrogens is 1. The second kappa shape index (κ2) is 10.1. The van der Waals surface area contributed by atoms with Gasteiger partial charge < -0.3 is 19.6 Å². The summed E-state index contributed by atoms with van der Waals surface area (Å²) in [5.41, 5.74) is 3.22. The molecular formula is C29H28N2O5.